The molecule has 0 radical (unpaired) electrons. The molecule has 0 heterocycles. The SMILES string of the molecule is O=S(=O)([O-])N=Nc1ccc(Cl)cc1.[Na+]. The summed E-state index contributed by atoms with van der Waals surface area (Å²) in [7, 11) is -4.66. The van der Waals surface area contributed by atoms with Crippen molar-refractivity contribution in [2.24, 2.45) is 9.63 Å². The summed E-state index contributed by atoms with van der Waals surface area (Å²) in [5, 5.41) is 3.67. The molecule has 0 amide bonds. The van der Waals surface area contributed by atoms with Crippen LogP contribution in [0.1, 0.15) is 0 Å². The first kappa shape index (κ1) is 14.0. The zero-order valence-corrected chi connectivity index (χ0v) is 10.8. The van der Waals surface area contributed by atoms with Crippen molar-refractivity contribution >= 4 is 27.6 Å². The Hall–Kier alpha value is 0.0200. The summed E-state index contributed by atoms with van der Waals surface area (Å²) < 4.78 is 32.6. The molecule has 0 saturated carbocycles. The van der Waals surface area contributed by atoms with Gasteiger partial charge >= 0.3 is 29.6 Å². The van der Waals surface area contributed by atoms with Gasteiger partial charge in [-0.05, 0) is 24.3 Å². The van der Waals surface area contributed by atoms with E-state index in [2.05, 4.69) is 9.63 Å². The van der Waals surface area contributed by atoms with Gasteiger partial charge in [0.25, 0.3) is 0 Å². The number of rotatable bonds is 2. The molecule has 0 fully saturated rings. The average Bonchev–Trinajstić information content (AvgIpc) is 2.02. The minimum absolute atomic E-state index is 0. The van der Waals surface area contributed by atoms with Crippen LogP contribution >= 0.6 is 11.6 Å². The predicted octanol–water partition coefficient (Wildman–Crippen LogP) is -1.11. The molecule has 0 aromatic heterocycles. The van der Waals surface area contributed by atoms with Crippen LogP contribution < -0.4 is 29.6 Å². The molecular weight excluding hydrogens is 239 g/mol. The number of halogens is 1. The second-order valence-corrected chi connectivity index (χ2v) is 3.54. The van der Waals surface area contributed by atoms with E-state index in [0.717, 1.165) is 0 Å². The Morgan fingerprint density at radius 1 is 1.21 bits per heavy atom. The fraction of sp³-hybridized carbons (Fsp3) is 0. The van der Waals surface area contributed by atoms with E-state index in [9.17, 15) is 13.0 Å². The molecule has 0 N–H and O–H groups in total. The van der Waals surface area contributed by atoms with Gasteiger partial charge in [0.1, 0.15) is 0 Å². The van der Waals surface area contributed by atoms with Gasteiger partial charge in [-0.2, -0.15) is 0 Å². The fourth-order valence-electron chi connectivity index (χ4n) is 0.605. The molecule has 5 nitrogen and oxygen atoms in total. The van der Waals surface area contributed by atoms with Gasteiger partial charge in [-0.3, -0.25) is 0 Å². The van der Waals surface area contributed by atoms with Crippen molar-refractivity contribution in [3.8, 4) is 0 Å². The van der Waals surface area contributed by atoms with Crippen molar-refractivity contribution < 1.29 is 42.5 Å². The van der Waals surface area contributed by atoms with Gasteiger partial charge in [0.2, 0.25) is 10.3 Å². The maximum Gasteiger partial charge on any atom is 1.00 e. The van der Waals surface area contributed by atoms with E-state index >= 15 is 0 Å². The molecule has 0 bridgehead atoms. The predicted molar refractivity (Wildman–Crippen MR) is 45.7 cm³/mol. The van der Waals surface area contributed by atoms with E-state index in [4.69, 9.17) is 11.6 Å². The molecule has 1 aromatic carbocycles. The van der Waals surface area contributed by atoms with Crippen molar-refractivity contribution in [2.45, 2.75) is 0 Å². The third kappa shape index (κ3) is 5.69. The summed E-state index contributed by atoms with van der Waals surface area (Å²) in [5.74, 6) is 0. The van der Waals surface area contributed by atoms with Crippen LogP contribution in [0.3, 0.4) is 0 Å². The van der Waals surface area contributed by atoms with Gasteiger partial charge < -0.3 is 4.55 Å². The molecule has 14 heavy (non-hydrogen) atoms. The summed E-state index contributed by atoms with van der Waals surface area (Å²) in [4.78, 5) is 0. The summed E-state index contributed by atoms with van der Waals surface area (Å²) in [5.41, 5.74) is 0.254. The van der Waals surface area contributed by atoms with E-state index in [1.54, 1.807) is 0 Å². The Morgan fingerprint density at radius 3 is 2.14 bits per heavy atom. The molecule has 0 spiro atoms. The van der Waals surface area contributed by atoms with Gasteiger partial charge in [-0.25, -0.2) is 8.42 Å². The van der Waals surface area contributed by atoms with E-state index in [0.29, 0.717) is 5.02 Å². The molecule has 0 aliphatic carbocycles. The summed E-state index contributed by atoms with van der Waals surface area (Å²) in [6.45, 7) is 0. The smallest absolute Gasteiger partial charge is 0.728 e. The molecule has 70 valence electrons. The van der Waals surface area contributed by atoms with Crippen molar-refractivity contribution in [1.82, 2.24) is 0 Å². The van der Waals surface area contributed by atoms with Crippen LogP contribution in [0.4, 0.5) is 5.69 Å². The Labute approximate surface area is 108 Å². The van der Waals surface area contributed by atoms with Crippen LogP contribution in [0.2, 0.25) is 5.02 Å². The molecule has 0 aliphatic heterocycles. The molecule has 0 unspecified atom stereocenters. The molecule has 8 heteroatoms. The standard InChI is InChI=1S/C6H5ClN2O3S.Na/c7-5-1-3-6(4-2-5)8-9-13(10,11)12;/h1-4H,(H,10,11,12);/q;+1/p-1. The van der Waals surface area contributed by atoms with Gasteiger partial charge in [0.15, 0.2) is 0 Å². The second kappa shape index (κ2) is 5.79. The van der Waals surface area contributed by atoms with Gasteiger partial charge in [0, 0.05) is 5.02 Å². The average molecular weight is 243 g/mol. The molecule has 1 rings (SSSR count). The van der Waals surface area contributed by atoms with Crippen LogP contribution in [0, 0.1) is 0 Å². The van der Waals surface area contributed by atoms with E-state index < -0.39 is 10.3 Å². The Balaban J connectivity index is 0.00000169. The van der Waals surface area contributed by atoms with Gasteiger partial charge in [-0.15, -0.1) is 5.11 Å². The van der Waals surface area contributed by atoms with Crippen LogP contribution in [-0.4, -0.2) is 13.0 Å². The van der Waals surface area contributed by atoms with E-state index in [1.807, 2.05) is 0 Å². The summed E-state index contributed by atoms with van der Waals surface area (Å²) in [6, 6.07) is 5.90. The van der Waals surface area contributed by atoms with Crippen molar-refractivity contribution in [2.75, 3.05) is 0 Å². The number of hydrogen-bond acceptors (Lipinski definition) is 4. The van der Waals surface area contributed by atoms with Gasteiger partial charge in [-0.1, -0.05) is 16.1 Å². The molecule has 0 aliphatic rings. The second-order valence-electron chi connectivity index (χ2n) is 2.09. The number of nitrogens with zero attached hydrogens (tertiary/aromatic N) is 2. The Bertz CT molecular complexity index is 417. The van der Waals surface area contributed by atoms with Crippen LogP contribution in [-0.2, 0) is 10.3 Å². The minimum Gasteiger partial charge on any atom is -0.728 e. The first-order chi connectivity index (χ1) is 5.97. The normalized spacial score (nSPS) is 11.3. The summed E-state index contributed by atoms with van der Waals surface area (Å²) in [6.07, 6.45) is 0. The first-order valence-corrected chi connectivity index (χ1v) is 4.86. The molecular formula is C6H4ClN2NaO3S. The third-order valence-corrected chi connectivity index (χ3v) is 1.62. The fourth-order valence-corrected chi connectivity index (χ4v) is 0.925. The Kier molecular flexibility index (Phi) is 5.80. The van der Waals surface area contributed by atoms with Crippen molar-refractivity contribution in [1.29, 1.82) is 0 Å². The van der Waals surface area contributed by atoms with E-state index in [-0.39, 0.29) is 35.2 Å². The first-order valence-electron chi connectivity index (χ1n) is 3.12. The molecule has 1 aromatic rings. The quantitative estimate of drug-likeness (QED) is 0.375. The maximum absolute atomic E-state index is 10.0. The largest absolute Gasteiger partial charge is 1.00 e. The number of benzene rings is 1. The number of hydrogen-bond donors (Lipinski definition) is 0. The van der Waals surface area contributed by atoms with Crippen LogP contribution in [0.15, 0.2) is 33.9 Å². The third-order valence-electron chi connectivity index (χ3n) is 1.08. The van der Waals surface area contributed by atoms with E-state index in [1.165, 1.54) is 24.3 Å². The van der Waals surface area contributed by atoms with Crippen LogP contribution in [0.25, 0.3) is 0 Å². The molecule has 0 saturated heterocycles. The van der Waals surface area contributed by atoms with Crippen molar-refractivity contribution in [3.63, 3.8) is 0 Å². The Morgan fingerprint density at radius 2 is 1.71 bits per heavy atom. The van der Waals surface area contributed by atoms with Gasteiger partial charge in [0.05, 0.1) is 5.69 Å². The zero-order valence-electron chi connectivity index (χ0n) is 7.21. The van der Waals surface area contributed by atoms with Crippen LogP contribution in [0.5, 0.6) is 0 Å². The van der Waals surface area contributed by atoms with Crippen molar-refractivity contribution in [3.05, 3.63) is 29.3 Å². The minimum atomic E-state index is -4.66. The monoisotopic (exact) mass is 242 g/mol. The topological polar surface area (TPSA) is 81.9 Å². The molecule has 0 atom stereocenters. The summed E-state index contributed by atoms with van der Waals surface area (Å²) >= 11 is 5.55. The maximum atomic E-state index is 10.0. The zero-order chi connectivity index (χ0) is 9.90.